The maximum absolute atomic E-state index is 5.63. The van der Waals surface area contributed by atoms with Crippen LogP contribution in [-0.2, 0) is 0 Å². The Kier molecular flexibility index (Phi) is 3.69. The molecule has 2 heterocycles. The van der Waals surface area contributed by atoms with Crippen molar-refractivity contribution in [3.8, 4) is 11.5 Å². The maximum Gasteiger partial charge on any atom is 0.190 e. The zero-order valence-electron chi connectivity index (χ0n) is 12.3. The topological polar surface area (TPSA) is 30.4 Å². The van der Waals surface area contributed by atoms with E-state index < -0.39 is 0 Å². The van der Waals surface area contributed by atoms with Crippen molar-refractivity contribution in [2.75, 3.05) is 0 Å². The van der Waals surface area contributed by atoms with Crippen molar-refractivity contribution in [2.24, 2.45) is 4.99 Å². The summed E-state index contributed by atoms with van der Waals surface area (Å²) in [5.41, 5.74) is 2.15. The summed E-state index contributed by atoms with van der Waals surface area (Å²) in [5, 5.41) is 2.17. The van der Waals surface area contributed by atoms with Gasteiger partial charge in [-0.3, -0.25) is 0 Å². The van der Waals surface area contributed by atoms with E-state index in [2.05, 4.69) is 9.95 Å². The van der Waals surface area contributed by atoms with Gasteiger partial charge in [0.1, 0.15) is 0 Å². The third kappa shape index (κ3) is 2.55. The van der Waals surface area contributed by atoms with Gasteiger partial charge in [0.15, 0.2) is 10.6 Å². The van der Waals surface area contributed by atoms with Gasteiger partial charge in [0.2, 0.25) is 0 Å². The number of thiazole rings is 1. The fraction of sp³-hybridized carbons (Fsp3) is 0.278. The Bertz CT molecular complexity index is 793. The Balaban J connectivity index is 1.86. The largest absolute Gasteiger partial charge is 0.463 e. The molecule has 0 bridgehead atoms. The van der Waals surface area contributed by atoms with Crippen molar-refractivity contribution in [2.45, 2.75) is 31.7 Å². The van der Waals surface area contributed by atoms with E-state index in [4.69, 9.17) is 9.41 Å². The summed E-state index contributed by atoms with van der Waals surface area (Å²) in [6.45, 7) is 0. The van der Waals surface area contributed by atoms with Crippen LogP contribution in [0, 0.1) is 0 Å². The number of rotatable bonds is 3. The van der Waals surface area contributed by atoms with Crippen LogP contribution in [0.3, 0.4) is 0 Å². The van der Waals surface area contributed by atoms with Crippen molar-refractivity contribution in [3.63, 3.8) is 0 Å². The molecule has 22 heavy (non-hydrogen) atoms. The number of aromatic nitrogens is 1. The van der Waals surface area contributed by atoms with Crippen LogP contribution in [0.4, 0.5) is 5.69 Å². The molecule has 0 atom stereocenters. The Morgan fingerprint density at radius 2 is 1.86 bits per heavy atom. The number of para-hydroxylation sites is 1. The first-order valence-electron chi connectivity index (χ1n) is 7.75. The molecule has 0 saturated heterocycles. The first-order valence-corrected chi connectivity index (χ1v) is 8.63. The van der Waals surface area contributed by atoms with Gasteiger partial charge in [-0.1, -0.05) is 31.0 Å². The highest BCUT2D eigenvalue weighted by Crippen LogP contribution is 2.33. The quantitative estimate of drug-likeness (QED) is 0.657. The average Bonchev–Trinajstić information content (AvgIpc) is 3.29. The Hall–Kier alpha value is -2.07. The minimum absolute atomic E-state index is 0.536. The third-order valence-electron chi connectivity index (χ3n) is 4.19. The second kappa shape index (κ2) is 5.97. The van der Waals surface area contributed by atoms with Crippen LogP contribution in [0.25, 0.3) is 11.5 Å². The van der Waals surface area contributed by atoms with Gasteiger partial charge in [-0.25, -0.2) is 4.99 Å². The lowest BCUT2D eigenvalue weighted by Gasteiger charge is -2.14. The van der Waals surface area contributed by atoms with Gasteiger partial charge in [0, 0.05) is 11.4 Å². The van der Waals surface area contributed by atoms with E-state index in [-0.39, 0.29) is 0 Å². The van der Waals surface area contributed by atoms with Crippen molar-refractivity contribution < 1.29 is 4.42 Å². The maximum atomic E-state index is 5.63. The van der Waals surface area contributed by atoms with Crippen LogP contribution < -0.4 is 4.80 Å². The summed E-state index contributed by atoms with van der Waals surface area (Å²) in [6.07, 6.45) is 6.80. The van der Waals surface area contributed by atoms with Crippen LogP contribution in [0.1, 0.15) is 31.7 Å². The lowest BCUT2D eigenvalue weighted by molar-refractivity contribution is 0.499. The Morgan fingerprint density at radius 3 is 2.59 bits per heavy atom. The molecule has 0 aliphatic heterocycles. The molecule has 1 saturated carbocycles. The standard InChI is InChI=1S/C18H18N2OS/c1-2-7-14(8-3-1)19-18-20(15-9-4-5-10-15)16(13-22-18)17-11-6-12-21-17/h1-3,6-8,11-13,15H,4-5,9-10H2. The number of benzene rings is 1. The molecular formula is C18H18N2OS. The summed E-state index contributed by atoms with van der Waals surface area (Å²) < 4.78 is 8.01. The minimum Gasteiger partial charge on any atom is -0.463 e. The Labute approximate surface area is 133 Å². The minimum atomic E-state index is 0.536. The van der Waals surface area contributed by atoms with Crippen LogP contribution in [0.15, 0.2) is 63.5 Å². The molecule has 4 rings (SSSR count). The predicted octanol–water partition coefficient (Wildman–Crippen LogP) is 5.16. The molecule has 3 nitrogen and oxygen atoms in total. The van der Waals surface area contributed by atoms with E-state index in [1.54, 1.807) is 17.6 Å². The summed E-state index contributed by atoms with van der Waals surface area (Å²) in [6, 6.07) is 14.7. The molecule has 4 heteroatoms. The van der Waals surface area contributed by atoms with Crippen LogP contribution in [0.2, 0.25) is 0 Å². The number of hydrogen-bond acceptors (Lipinski definition) is 3. The molecule has 0 radical (unpaired) electrons. The van der Waals surface area contributed by atoms with Gasteiger partial charge >= 0.3 is 0 Å². The fourth-order valence-electron chi connectivity index (χ4n) is 3.13. The van der Waals surface area contributed by atoms with Crippen LogP contribution in [0.5, 0.6) is 0 Å². The van der Waals surface area contributed by atoms with E-state index in [1.807, 2.05) is 42.5 Å². The molecule has 0 amide bonds. The zero-order chi connectivity index (χ0) is 14.8. The normalized spacial score (nSPS) is 16.5. The molecular weight excluding hydrogens is 292 g/mol. The molecule has 112 valence electrons. The number of furan rings is 1. The van der Waals surface area contributed by atoms with E-state index in [0.717, 1.165) is 21.9 Å². The van der Waals surface area contributed by atoms with E-state index in [9.17, 15) is 0 Å². The van der Waals surface area contributed by atoms with Crippen molar-refractivity contribution >= 4 is 17.0 Å². The highest BCUT2D eigenvalue weighted by molar-refractivity contribution is 7.07. The molecule has 3 aromatic rings. The van der Waals surface area contributed by atoms with Gasteiger partial charge in [0.05, 0.1) is 17.6 Å². The molecule has 1 fully saturated rings. The predicted molar refractivity (Wildman–Crippen MR) is 89.2 cm³/mol. The lowest BCUT2D eigenvalue weighted by Crippen LogP contribution is -2.19. The summed E-state index contributed by atoms with van der Waals surface area (Å²) in [4.78, 5) is 5.92. The monoisotopic (exact) mass is 310 g/mol. The summed E-state index contributed by atoms with van der Waals surface area (Å²) in [5.74, 6) is 0.928. The van der Waals surface area contributed by atoms with Gasteiger partial charge in [-0.2, -0.15) is 0 Å². The van der Waals surface area contributed by atoms with Gasteiger partial charge in [-0.15, -0.1) is 11.3 Å². The van der Waals surface area contributed by atoms with Crippen LogP contribution >= 0.6 is 11.3 Å². The molecule has 2 aromatic heterocycles. The third-order valence-corrected chi connectivity index (χ3v) is 5.03. The average molecular weight is 310 g/mol. The zero-order valence-corrected chi connectivity index (χ0v) is 13.1. The second-order valence-corrected chi connectivity index (χ2v) is 6.47. The number of nitrogens with zero attached hydrogens (tertiary/aromatic N) is 2. The van der Waals surface area contributed by atoms with E-state index >= 15 is 0 Å². The highest BCUT2D eigenvalue weighted by atomic mass is 32.1. The van der Waals surface area contributed by atoms with Crippen LogP contribution in [-0.4, -0.2) is 4.57 Å². The highest BCUT2D eigenvalue weighted by Gasteiger charge is 2.22. The van der Waals surface area contributed by atoms with Gasteiger partial charge < -0.3 is 8.98 Å². The fourth-order valence-corrected chi connectivity index (χ4v) is 4.10. The lowest BCUT2D eigenvalue weighted by atomic mass is 10.2. The summed E-state index contributed by atoms with van der Waals surface area (Å²) >= 11 is 1.69. The molecule has 0 N–H and O–H groups in total. The molecule has 0 unspecified atom stereocenters. The van der Waals surface area contributed by atoms with Crippen molar-refractivity contribution in [3.05, 3.63) is 58.9 Å². The van der Waals surface area contributed by atoms with E-state index in [1.165, 1.54) is 25.7 Å². The molecule has 1 aromatic carbocycles. The smallest absolute Gasteiger partial charge is 0.190 e. The van der Waals surface area contributed by atoms with Gasteiger partial charge in [-0.05, 0) is 37.1 Å². The SMILES string of the molecule is c1ccc(N=c2scc(-c3ccco3)n2C2CCCC2)cc1. The van der Waals surface area contributed by atoms with Crippen molar-refractivity contribution in [1.29, 1.82) is 0 Å². The number of hydrogen-bond donors (Lipinski definition) is 0. The molecule has 0 spiro atoms. The van der Waals surface area contributed by atoms with Gasteiger partial charge in [0.25, 0.3) is 0 Å². The first kappa shape index (κ1) is 13.6. The molecule has 1 aliphatic rings. The molecule has 1 aliphatic carbocycles. The second-order valence-electron chi connectivity index (χ2n) is 5.64. The Morgan fingerprint density at radius 1 is 1.05 bits per heavy atom. The van der Waals surface area contributed by atoms with Crippen molar-refractivity contribution in [1.82, 2.24) is 4.57 Å². The summed E-state index contributed by atoms with van der Waals surface area (Å²) in [7, 11) is 0. The van der Waals surface area contributed by atoms with E-state index in [0.29, 0.717) is 6.04 Å². The first-order chi connectivity index (χ1) is 10.9.